The molecule has 0 amide bonds. The zero-order valence-electron chi connectivity index (χ0n) is 10.7. The number of benzene rings is 2. The van der Waals surface area contributed by atoms with E-state index in [1.807, 2.05) is 0 Å². The molecule has 21 heavy (non-hydrogen) atoms. The summed E-state index contributed by atoms with van der Waals surface area (Å²) in [5, 5.41) is 3.40. The first-order valence-electron chi connectivity index (χ1n) is 5.97. The van der Waals surface area contributed by atoms with E-state index in [2.05, 4.69) is 11.4 Å². The van der Waals surface area contributed by atoms with Crippen LogP contribution in [0.15, 0.2) is 47.6 Å². The van der Waals surface area contributed by atoms with Crippen LogP contribution in [0, 0.1) is 11.6 Å². The fourth-order valence-corrected chi connectivity index (χ4v) is 1.61. The molecule has 2 rings (SSSR count). The Labute approximate surface area is 118 Å². The normalized spacial score (nSPS) is 11.3. The lowest BCUT2D eigenvalue weighted by Crippen LogP contribution is -1.95. The van der Waals surface area contributed by atoms with Gasteiger partial charge in [-0.2, -0.15) is 0 Å². The van der Waals surface area contributed by atoms with Crippen molar-refractivity contribution < 1.29 is 22.4 Å². The predicted molar refractivity (Wildman–Crippen MR) is 69.1 cm³/mol. The Bertz CT molecular complexity index is 643. The van der Waals surface area contributed by atoms with Gasteiger partial charge in [0.2, 0.25) is 0 Å². The molecule has 0 atom stereocenters. The lowest BCUT2D eigenvalue weighted by atomic mass is 10.1. The molecule has 0 aliphatic carbocycles. The van der Waals surface area contributed by atoms with E-state index in [9.17, 15) is 17.6 Å². The summed E-state index contributed by atoms with van der Waals surface area (Å²) in [5.41, 5.74) is -0.0333. The fraction of sp³-hybridized carbons (Fsp3) is 0.133. The third-order valence-corrected chi connectivity index (χ3v) is 2.66. The quantitative estimate of drug-likeness (QED) is 0.457. The molecule has 1 radical (unpaired) electrons. The second-order valence-corrected chi connectivity index (χ2v) is 4.10. The smallest absolute Gasteiger partial charge is 0.264 e. The summed E-state index contributed by atoms with van der Waals surface area (Å²) >= 11 is 0. The Morgan fingerprint density at radius 1 is 1.10 bits per heavy atom. The molecule has 0 unspecified atom stereocenters. The van der Waals surface area contributed by atoms with Gasteiger partial charge in [-0.1, -0.05) is 29.4 Å². The molecule has 0 aromatic heterocycles. The van der Waals surface area contributed by atoms with Crippen LogP contribution in [0.25, 0.3) is 0 Å². The van der Waals surface area contributed by atoms with E-state index in [-0.39, 0.29) is 23.3 Å². The highest BCUT2D eigenvalue weighted by molar-refractivity contribution is 5.81. The van der Waals surface area contributed by atoms with Crippen molar-refractivity contribution >= 4 is 6.21 Å². The van der Waals surface area contributed by atoms with Crippen LogP contribution in [0.5, 0.6) is 0 Å². The van der Waals surface area contributed by atoms with Gasteiger partial charge in [-0.05, 0) is 12.1 Å². The van der Waals surface area contributed by atoms with Crippen molar-refractivity contribution in [3.05, 3.63) is 70.8 Å². The molecule has 0 N–H and O–H groups in total. The van der Waals surface area contributed by atoms with Crippen molar-refractivity contribution in [3.63, 3.8) is 0 Å². The Morgan fingerprint density at radius 3 is 2.57 bits per heavy atom. The molecule has 0 aliphatic rings. The van der Waals surface area contributed by atoms with Gasteiger partial charge in [-0.15, -0.1) is 0 Å². The highest BCUT2D eigenvalue weighted by Gasteiger charge is 2.11. The van der Waals surface area contributed by atoms with E-state index >= 15 is 0 Å². The maximum Gasteiger partial charge on any atom is 0.264 e. The van der Waals surface area contributed by atoms with Crippen LogP contribution in [0.1, 0.15) is 23.1 Å². The maximum atomic E-state index is 13.3. The highest BCUT2D eigenvalue weighted by atomic mass is 19.3. The summed E-state index contributed by atoms with van der Waals surface area (Å²) in [4.78, 5) is 4.79. The minimum atomic E-state index is -2.65. The number of hydrogen-bond acceptors (Lipinski definition) is 2. The Balaban J connectivity index is 2.00. The molecular weight excluding hydrogens is 286 g/mol. The van der Waals surface area contributed by atoms with Crippen LogP contribution in [0.4, 0.5) is 17.6 Å². The van der Waals surface area contributed by atoms with Crippen LogP contribution in [0.2, 0.25) is 0 Å². The van der Waals surface area contributed by atoms with Crippen molar-refractivity contribution in [2.24, 2.45) is 5.16 Å². The first kappa shape index (κ1) is 15.0. The zero-order chi connectivity index (χ0) is 15.2. The number of nitrogens with zero attached hydrogens (tertiary/aromatic N) is 1. The van der Waals surface area contributed by atoms with Gasteiger partial charge in [0.1, 0.15) is 24.5 Å². The number of hydrogen-bond donors (Lipinski definition) is 0. The third-order valence-electron chi connectivity index (χ3n) is 2.66. The zero-order valence-corrected chi connectivity index (χ0v) is 10.7. The fourth-order valence-electron chi connectivity index (χ4n) is 1.61. The lowest BCUT2D eigenvalue weighted by molar-refractivity contribution is 0.129. The summed E-state index contributed by atoms with van der Waals surface area (Å²) in [7, 11) is 0. The van der Waals surface area contributed by atoms with Crippen molar-refractivity contribution in [2.75, 3.05) is 0 Å². The van der Waals surface area contributed by atoms with Crippen LogP contribution in [-0.2, 0) is 11.4 Å². The molecule has 0 heterocycles. The Morgan fingerprint density at radius 2 is 1.86 bits per heavy atom. The maximum absolute atomic E-state index is 13.3. The monoisotopic (exact) mass is 296 g/mol. The van der Waals surface area contributed by atoms with Gasteiger partial charge in [0.05, 0.1) is 0 Å². The molecule has 2 aromatic rings. The summed E-state index contributed by atoms with van der Waals surface area (Å²) in [5.74, 6) is -1.46. The molecule has 2 aromatic carbocycles. The van der Waals surface area contributed by atoms with Gasteiger partial charge in [0.15, 0.2) is 0 Å². The average molecular weight is 296 g/mol. The van der Waals surface area contributed by atoms with Crippen molar-refractivity contribution in [2.45, 2.75) is 13.0 Å². The average Bonchev–Trinajstić information content (AvgIpc) is 2.45. The largest absolute Gasteiger partial charge is 0.390 e. The Hall–Kier alpha value is -2.37. The molecule has 0 bridgehead atoms. The minimum Gasteiger partial charge on any atom is -0.390 e. The van der Waals surface area contributed by atoms with E-state index in [4.69, 9.17) is 4.84 Å². The summed E-state index contributed by atoms with van der Waals surface area (Å²) in [6.45, 7) is -0.254. The van der Waals surface area contributed by atoms with Gasteiger partial charge < -0.3 is 4.84 Å². The van der Waals surface area contributed by atoms with Crippen LogP contribution in [0.3, 0.4) is 0 Å². The third kappa shape index (κ3) is 4.05. The lowest BCUT2D eigenvalue weighted by Gasteiger charge is -2.03. The SMILES string of the molecule is Fc1ccc(CO/N=[C]\c2ccccc2C(F)F)c(F)c1. The minimum absolute atomic E-state index is 0.0899. The second kappa shape index (κ2) is 6.88. The molecule has 0 saturated carbocycles. The van der Waals surface area contributed by atoms with E-state index < -0.39 is 18.1 Å². The molecule has 0 fully saturated rings. The van der Waals surface area contributed by atoms with Gasteiger partial charge in [-0.3, -0.25) is 0 Å². The standard InChI is InChI=1S/C15H10F4NO/c16-12-6-5-11(14(17)7-12)9-21-20-8-10-3-1-2-4-13(10)15(18)19/h1-7,15H,9H2. The number of alkyl halides is 2. The summed E-state index contributed by atoms with van der Waals surface area (Å²) in [6, 6.07) is 8.71. The van der Waals surface area contributed by atoms with E-state index in [0.717, 1.165) is 12.1 Å². The van der Waals surface area contributed by atoms with Gasteiger partial charge in [0, 0.05) is 22.8 Å². The van der Waals surface area contributed by atoms with Crippen molar-refractivity contribution in [1.82, 2.24) is 0 Å². The van der Waals surface area contributed by atoms with Gasteiger partial charge in [0.25, 0.3) is 6.43 Å². The van der Waals surface area contributed by atoms with Crippen molar-refractivity contribution in [3.8, 4) is 0 Å². The second-order valence-electron chi connectivity index (χ2n) is 4.10. The first-order valence-corrected chi connectivity index (χ1v) is 5.97. The summed E-state index contributed by atoms with van der Waals surface area (Å²) < 4.78 is 51.3. The number of halogens is 4. The molecule has 6 heteroatoms. The predicted octanol–water partition coefficient (Wildman–Crippen LogP) is 4.33. The van der Waals surface area contributed by atoms with Gasteiger partial charge in [-0.25, -0.2) is 17.6 Å². The van der Waals surface area contributed by atoms with Crippen LogP contribution >= 0.6 is 0 Å². The molecule has 0 saturated heterocycles. The topological polar surface area (TPSA) is 21.6 Å². The molecule has 0 aliphatic heterocycles. The Kier molecular flexibility index (Phi) is 4.92. The first-order chi connectivity index (χ1) is 10.1. The number of rotatable bonds is 5. The van der Waals surface area contributed by atoms with Crippen LogP contribution < -0.4 is 0 Å². The highest BCUT2D eigenvalue weighted by Crippen LogP contribution is 2.21. The van der Waals surface area contributed by atoms with E-state index in [1.165, 1.54) is 24.3 Å². The van der Waals surface area contributed by atoms with Gasteiger partial charge >= 0.3 is 0 Å². The molecule has 0 spiro atoms. The van der Waals surface area contributed by atoms with E-state index in [1.54, 1.807) is 6.07 Å². The van der Waals surface area contributed by atoms with E-state index in [0.29, 0.717) is 0 Å². The van der Waals surface area contributed by atoms with Crippen LogP contribution in [-0.4, -0.2) is 6.21 Å². The molecular formula is C15H10F4NO. The summed E-state index contributed by atoms with van der Waals surface area (Å²) in [6.07, 6.45) is -0.332. The molecule has 2 nitrogen and oxygen atoms in total. The van der Waals surface area contributed by atoms with Crippen molar-refractivity contribution in [1.29, 1.82) is 0 Å². The molecule has 109 valence electrons.